The van der Waals surface area contributed by atoms with Crippen LogP contribution in [-0.2, 0) is 11.0 Å². The maximum absolute atomic E-state index is 13.3. The zero-order valence-electron chi connectivity index (χ0n) is 17.5. The summed E-state index contributed by atoms with van der Waals surface area (Å²) in [5, 5.41) is 0. The third kappa shape index (κ3) is 5.20. The topological polar surface area (TPSA) is 23.6 Å². The van der Waals surface area contributed by atoms with Gasteiger partial charge in [0.25, 0.3) is 0 Å². The number of anilines is 2. The van der Waals surface area contributed by atoms with Gasteiger partial charge >= 0.3 is 6.18 Å². The maximum Gasteiger partial charge on any atom is 0.416 e. The number of halogens is 3. The number of alkyl halides is 3. The Morgan fingerprint density at radius 2 is 1.61 bits per heavy atom. The summed E-state index contributed by atoms with van der Waals surface area (Å²) in [7, 11) is 0. The molecular formula is C24H27F3N2OS. The van der Waals surface area contributed by atoms with Crippen molar-refractivity contribution in [3.05, 3.63) is 48.0 Å². The van der Waals surface area contributed by atoms with Gasteiger partial charge in [-0.25, -0.2) is 0 Å². The number of unbranched alkanes of at least 4 members (excludes halogenated alkanes) is 3. The fourth-order valence-corrected chi connectivity index (χ4v) is 5.35. The van der Waals surface area contributed by atoms with Crippen LogP contribution in [0.5, 0.6) is 0 Å². The van der Waals surface area contributed by atoms with Gasteiger partial charge in [0, 0.05) is 35.8 Å². The Kier molecular flexibility index (Phi) is 6.80. The van der Waals surface area contributed by atoms with E-state index in [1.807, 2.05) is 34.1 Å². The molecule has 0 atom stereocenters. The van der Waals surface area contributed by atoms with E-state index in [9.17, 15) is 18.0 Å². The summed E-state index contributed by atoms with van der Waals surface area (Å²) in [5.41, 5.74) is 0.998. The molecule has 0 radical (unpaired) electrons. The Morgan fingerprint density at radius 1 is 0.871 bits per heavy atom. The molecule has 0 spiro atoms. The van der Waals surface area contributed by atoms with Crippen LogP contribution in [0.4, 0.5) is 24.5 Å². The quantitative estimate of drug-likeness (QED) is 0.431. The molecule has 4 rings (SSSR count). The lowest BCUT2D eigenvalue weighted by atomic mass is 10.1. The van der Waals surface area contributed by atoms with E-state index in [0.29, 0.717) is 18.7 Å². The number of fused-ring (bicyclic) bond motifs is 2. The maximum atomic E-state index is 13.3. The van der Waals surface area contributed by atoms with Crippen LogP contribution >= 0.6 is 11.8 Å². The Labute approximate surface area is 185 Å². The van der Waals surface area contributed by atoms with Gasteiger partial charge < -0.3 is 9.80 Å². The number of carbonyl (C=O) groups excluding carboxylic acids is 1. The van der Waals surface area contributed by atoms with Crippen LogP contribution < -0.4 is 4.90 Å². The van der Waals surface area contributed by atoms with E-state index >= 15 is 0 Å². The monoisotopic (exact) mass is 448 g/mol. The summed E-state index contributed by atoms with van der Waals surface area (Å²) in [6.45, 7) is 2.37. The molecule has 166 valence electrons. The first kappa shape index (κ1) is 22.1. The minimum atomic E-state index is -4.35. The number of carbonyl (C=O) groups is 1. The third-order valence-electron chi connectivity index (χ3n) is 5.93. The van der Waals surface area contributed by atoms with Crippen molar-refractivity contribution in [2.45, 2.75) is 60.9 Å². The molecule has 2 aromatic rings. The number of rotatable bonds is 7. The van der Waals surface area contributed by atoms with Crippen LogP contribution in [0.15, 0.2) is 52.3 Å². The van der Waals surface area contributed by atoms with Crippen LogP contribution in [0.3, 0.4) is 0 Å². The first-order valence-electron chi connectivity index (χ1n) is 11.0. The molecule has 1 fully saturated rings. The van der Waals surface area contributed by atoms with Crippen LogP contribution in [-0.4, -0.2) is 30.4 Å². The zero-order chi connectivity index (χ0) is 21.8. The lowest BCUT2D eigenvalue weighted by molar-refractivity contribution is -0.137. The molecule has 0 N–H and O–H groups in total. The number of para-hydroxylation sites is 1. The first-order valence-corrected chi connectivity index (χ1v) is 11.8. The number of benzene rings is 2. The smallest absolute Gasteiger partial charge is 0.343 e. The summed E-state index contributed by atoms with van der Waals surface area (Å²) < 4.78 is 39.9. The van der Waals surface area contributed by atoms with Gasteiger partial charge in [-0.05, 0) is 56.0 Å². The van der Waals surface area contributed by atoms with Gasteiger partial charge in [0.15, 0.2) is 0 Å². The summed E-state index contributed by atoms with van der Waals surface area (Å²) in [4.78, 5) is 17.8. The van der Waals surface area contributed by atoms with Crippen LogP contribution in [0.25, 0.3) is 0 Å². The van der Waals surface area contributed by atoms with Gasteiger partial charge in [0.05, 0.1) is 16.9 Å². The van der Waals surface area contributed by atoms with Crippen molar-refractivity contribution in [3.8, 4) is 0 Å². The van der Waals surface area contributed by atoms with E-state index < -0.39 is 11.7 Å². The molecule has 0 unspecified atom stereocenters. The largest absolute Gasteiger partial charge is 0.416 e. The molecule has 2 aliphatic heterocycles. The fraction of sp³-hybridized carbons (Fsp3) is 0.458. The van der Waals surface area contributed by atoms with Crippen molar-refractivity contribution in [3.63, 3.8) is 0 Å². The molecule has 31 heavy (non-hydrogen) atoms. The van der Waals surface area contributed by atoms with Crippen LogP contribution in [0, 0.1) is 0 Å². The summed E-state index contributed by atoms with van der Waals surface area (Å²) >= 11 is 1.52. The molecule has 0 aromatic heterocycles. The fourth-order valence-electron chi connectivity index (χ4n) is 4.27. The molecule has 0 bridgehead atoms. The van der Waals surface area contributed by atoms with Crippen molar-refractivity contribution in [2.75, 3.05) is 24.5 Å². The van der Waals surface area contributed by atoms with Gasteiger partial charge in [-0.2, -0.15) is 13.2 Å². The second-order valence-corrected chi connectivity index (χ2v) is 9.24. The number of hydrogen-bond acceptors (Lipinski definition) is 3. The molecule has 1 amide bonds. The highest BCUT2D eigenvalue weighted by atomic mass is 32.2. The van der Waals surface area contributed by atoms with E-state index in [1.54, 1.807) is 6.07 Å². The van der Waals surface area contributed by atoms with Crippen LogP contribution in [0.2, 0.25) is 0 Å². The molecule has 1 saturated heterocycles. The predicted molar refractivity (Wildman–Crippen MR) is 118 cm³/mol. The van der Waals surface area contributed by atoms with E-state index in [4.69, 9.17) is 0 Å². The number of piperidine rings is 1. The Hall–Kier alpha value is -2.15. The normalized spacial score (nSPS) is 16.3. The highest BCUT2D eigenvalue weighted by Crippen LogP contribution is 2.49. The minimum Gasteiger partial charge on any atom is -0.343 e. The van der Waals surface area contributed by atoms with Crippen molar-refractivity contribution >= 4 is 29.0 Å². The lowest BCUT2D eigenvalue weighted by Crippen LogP contribution is -2.35. The molecule has 2 aliphatic rings. The molecule has 3 nitrogen and oxygen atoms in total. The lowest BCUT2D eigenvalue weighted by Gasteiger charge is -2.33. The van der Waals surface area contributed by atoms with Crippen molar-refractivity contribution in [1.29, 1.82) is 0 Å². The molecular weight excluding hydrogens is 421 g/mol. The van der Waals surface area contributed by atoms with Crippen molar-refractivity contribution in [2.24, 2.45) is 0 Å². The Balaban J connectivity index is 1.39. The summed E-state index contributed by atoms with van der Waals surface area (Å²) in [5.74, 6) is 0.269. The second-order valence-electron chi connectivity index (χ2n) is 8.15. The molecule has 7 heteroatoms. The highest BCUT2D eigenvalue weighted by Gasteiger charge is 2.33. The van der Waals surface area contributed by atoms with Crippen molar-refractivity contribution in [1.82, 2.24) is 4.90 Å². The Bertz CT molecular complexity index is 931. The van der Waals surface area contributed by atoms with Gasteiger partial charge in [0.1, 0.15) is 0 Å². The highest BCUT2D eigenvalue weighted by molar-refractivity contribution is 7.99. The van der Waals surface area contributed by atoms with E-state index in [0.717, 1.165) is 67.1 Å². The predicted octanol–water partition coefficient (Wildman–Crippen LogP) is 6.88. The van der Waals surface area contributed by atoms with Crippen LogP contribution in [0.1, 0.15) is 50.5 Å². The summed E-state index contributed by atoms with van der Waals surface area (Å²) in [6.07, 6.45) is 2.29. The zero-order valence-corrected chi connectivity index (χ0v) is 18.3. The van der Waals surface area contributed by atoms with Gasteiger partial charge in [-0.15, -0.1) is 0 Å². The average Bonchev–Trinajstić information content (AvgIpc) is 2.75. The number of hydrogen-bond donors (Lipinski definition) is 0. The summed E-state index contributed by atoms with van der Waals surface area (Å²) in [6, 6.07) is 11.9. The SMILES string of the molecule is O=C1CCCCN1CCCCCCN1c2ccccc2Sc2ccc(C(F)(F)F)cc21. The average molecular weight is 449 g/mol. The van der Waals surface area contributed by atoms with E-state index in [2.05, 4.69) is 0 Å². The minimum absolute atomic E-state index is 0.269. The molecule has 0 aliphatic carbocycles. The van der Waals surface area contributed by atoms with Gasteiger partial charge in [-0.3, -0.25) is 4.79 Å². The second kappa shape index (κ2) is 9.55. The van der Waals surface area contributed by atoms with Crippen molar-refractivity contribution < 1.29 is 18.0 Å². The van der Waals surface area contributed by atoms with E-state index in [-0.39, 0.29) is 5.91 Å². The number of likely N-dealkylation sites (tertiary alicyclic amines) is 1. The van der Waals surface area contributed by atoms with E-state index in [1.165, 1.54) is 23.9 Å². The first-order chi connectivity index (χ1) is 14.9. The molecule has 2 aromatic carbocycles. The molecule has 2 heterocycles. The Morgan fingerprint density at radius 3 is 2.39 bits per heavy atom. The standard InChI is InChI=1S/C24H27F3N2OS/c25-24(26,27)18-12-13-22-20(17-18)29(19-9-3-4-10-21(19)31-22)16-7-2-1-6-14-28-15-8-5-11-23(28)30/h3-4,9-10,12-13,17H,1-2,5-8,11,14-16H2. The third-order valence-corrected chi connectivity index (χ3v) is 7.06. The molecule has 0 saturated carbocycles. The number of nitrogens with zero attached hydrogens (tertiary/aromatic N) is 2. The number of amides is 1. The van der Waals surface area contributed by atoms with Gasteiger partial charge in [0.2, 0.25) is 5.91 Å². The van der Waals surface area contributed by atoms with Gasteiger partial charge in [-0.1, -0.05) is 36.7 Å².